The highest BCUT2D eigenvalue weighted by Crippen LogP contribution is 2.11. The van der Waals surface area contributed by atoms with Crippen LogP contribution >= 0.6 is 11.3 Å². The van der Waals surface area contributed by atoms with Crippen molar-refractivity contribution < 1.29 is 10.0 Å². The number of hydrogen-bond acceptors (Lipinski definition) is 4. The van der Waals surface area contributed by atoms with Crippen molar-refractivity contribution in [3.63, 3.8) is 0 Å². The first kappa shape index (κ1) is 8.49. The lowest BCUT2D eigenvalue weighted by Crippen LogP contribution is -2.29. The summed E-state index contributed by atoms with van der Waals surface area (Å²) in [5.41, 5.74) is 1.11. The van der Waals surface area contributed by atoms with Crippen LogP contribution < -0.4 is 10.3 Å². The first-order valence-corrected chi connectivity index (χ1v) is 4.47. The summed E-state index contributed by atoms with van der Waals surface area (Å²) in [6, 6.07) is 4.81. The number of aromatic nitrogens is 1. The van der Waals surface area contributed by atoms with Gasteiger partial charge in [-0.15, -0.1) is 0 Å². The van der Waals surface area contributed by atoms with Crippen LogP contribution in [0.15, 0.2) is 23.0 Å². The maximum Gasteiger partial charge on any atom is 0.488 e. The molecule has 0 bridgehead atoms. The molecule has 1 heterocycles. The summed E-state index contributed by atoms with van der Waals surface area (Å²) in [5, 5.41) is 17.7. The Bertz CT molecular complexity index is 490. The SMILES string of the molecule is O=c1[nH]c2ccc(B(O)O)cc2s1. The van der Waals surface area contributed by atoms with E-state index in [4.69, 9.17) is 10.0 Å². The van der Waals surface area contributed by atoms with Crippen LogP contribution in [0.2, 0.25) is 0 Å². The van der Waals surface area contributed by atoms with Crippen LogP contribution in [-0.4, -0.2) is 22.2 Å². The average molecular weight is 195 g/mol. The molecule has 1 aromatic heterocycles. The standard InChI is InChI=1S/C7H6BNO3S/c10-7-9-5-2-1-4(8(11)12)3-6(5)13-7/h1-3,11-12H,(H,9,10). The Kier molecular flexibility index (Phi) is 1.95. The molecule has 2 aromatic rings. The third kappa shape index (κ3) is 1.51. The van der Waals surface area contributed by atoms with E-state index < -0.39 is 7.12 Å². The van der Waals surface area contributed by atoms with Crippen LogP contribution in [0.5, 0.6) is 0 Å². The average Bonchev–Trinajstić information content (AvgIpc) is 2.42. The largest absolute Gasteiger partial charge is 0.488 e. The zero-order valence-electron chi connectivity index (χ0n) is 6.52. The van der Waals surface area contributed by atoms with Gasteiger partial charge in [-0.25, -0.2) is 0 Å². The van der Waals surface area contributed by atoms with E-state index in [2.05, 4.69) is 4.98 Å². The molecule has 3 N–H and O–H groups in total. The second-order valence-electron chi connectivity index (χ2n) is 2.64. The zero-order valence-corrected chi connectivity index (χ0v) is 7.34. The molecule has 2 rings (SSSR count). The first-order valence-electron chi connectivity index (χ1n) is 3.66. The number of fused-ring (bicyclic) bond motifs is 1. The summed E-state index contributed by atoms with van der Waals surface area (Å²) in [6.45, 7) is 0. The Balaban J connectivity index is 2.68. The second kappa shape index (κ2) is 2.99. The van der Waals surface area contributed by atoms with E-state index in [-0.39, 0.29) is 4.87 Å². The maximum absolute atomic E-state index is 10.9. The van der Waals surface area contributed by atoms with Crippen LogP contribution in [0.4, 0.5) is 0 Å². The molecule has 1 aromatic carbocycles. The van der Waals surface area contributed by atoms with Crippen LogP contribution in [0.3, 0.4) is 0 Å². The number of aromatic amines is 1. The van der Waals surface area contributed by atoms with E-state index in [1.54, 1.807) is 18.2 Å². The molecular weight excluding hydrogens is 189 g/mol. The summed E-state index contributed by atoms with van der Waals surface area (Å²) >= 11 is 1.05. The molecule has 0 saturated carbocycles. The van der Waals surface area contributed by atoms with E-state index in [0.717, 1.165) is 21.6 Å². The van der Waals surface area contributed by atoms with Gasteiger partial charge in [0.25, 0.3) is 0 Å². The van der Waals surface area contributed by atoms with Gasteiger partial charge in [0, 0.05) is 0 Å². The number of rotatable bonds is 1. The minimum Gasteiger partial charge on any atom is -0.423 e. The van der Waals surface area contributed by atoms with Gasteiger partial charge in [-0.05, 0) is 17.6 Å². The molecule has 6 heteroatoms. The van der Waals surface area contributed by atoms with Crippen molar-refractivity contribution in [2.24, 2.45) is 0 Å². The van der Waals surface area contributed by atoms with Gasteiger partial charge in [0.1, 0.15) is 0 Å². The monoisotopic (exact) mass is 195 g/mol. The van der Waals surface area contributed by atoms with E-state index in [9.17, 15) is 4.79 Å². The topological polar surface area (TPSA) is 73.3 Å². The minimum atomic E-state index is -1.48. The van der Waals surface area contributed by atoms with Gasteiger partial charge in [-0.3, -0.25) is 4.79 Å². The van der Waals surface area contributed by atoms with Crippen molar-refractivity contribution >= 4 is 34.1 Å². The first-order chi connectivity index (χ1) is 6.16. The molecule has 0 aliphatic rings. The molecule has 0 radical (unpaired) electrons. The number of benzene rings is 1. The van der Waals surface area contributed by atoms with Crippen molar-refractivity contribution in [1.82, 2.24) is 4.98 Å². The predicted octanol–water partition coefficient (Wildman–Crippen LogP) is -0.731. The van der Waals surface area contributed by atoms with E-state index in [0.29, 0.717) is 5.46 Å². The smallest absolute Gasteiger partial charge is 0.423 e. The van der Waals surface area contributed by atoms with Gasteiger partial charge in [-0.1, -0.05) is 17.4 Å². The van der Waals surface area contributed by atoms with Crippen LogP contribution in [-0.2, 0) is 0 Å². The molecule has 0 unspecified atom stereocenters. The molecule has 66 valence electrons. The minimum absolute atomic E-state index is 0.139. The molecule has 0 aliphatic carbocycles. The second-order valence-corrected chi connectivity index (χ2v) is 3.66. The van der Waals surface area contributed by atoms with Crippen LogP contribution in [0.1, 0.15) is 0 Å². The lowest BCUT2D eigenvalue weighted by atomic mass is 9.80. The molecule has 0 amide bonds. The Hall–Kier alpha value is -1.11. The third-order valence-electron chi connectivity index (χ3n) is 1.74. The highest BCUT2D eigenvalue weighted by atomic mass is 32.1. The highest BCUT2D eigenvalue weighted by Gasteiger charge is 2.11. The summed E-state index contributed by atoms with van der Waals surface area (Å²) in [5.74, 6) is 0. The van der Waals surface area contributed by atoms with Crippen molar-refractivity contribution in [3.05, 3.63) is 27.9 Å². The molecule has 4 nitrogen and oxygen atoms in total. The van der Waals surface area contributed by atoms with Crippen molar-refractivity contribution in [2.75, 3.05) is 0 Å². The Morgan fingerprint density at radius 2 is 2.15 bits per heavy atom. The van der Waals surface area contributed by atoms with Crippen molar-refractivity contribution in [1.29, 1.82) is 0 Å². The van der Waals surface area contributed by atoms with Crippen LogP contribution in [0.25, 0.3) is 10.2 Å². The summed E-state index contributed by atoms with van der Waals surface area (Å²) in [4.78, 5) is 13.4. The lowest BCUT2D eigenvalue weighted by Gasteiger charge is -1.97. The van der Waals surface area contributed by atoms with Gasteiger partial charge in [0.05, 0.1) is 10.2 Å². The number of hydrogen-bond donors (Lipinski definition) is 3. The van der Waals surface area contributed by atoms with Crippen molar-refractivity contribution in [2.45, 2.75) is 0 Å². The third-order valence-corrected chi connectivity index (χ3v) is 2.59. The maximum atomic E-state index is 10.9. The molecule has 0 fully saturated rings. The molecule has 0 saturated heterocycles. The van der Waals surface area contributed by atoms with Gasteiger partial charge in [0.2, 0.25) is 0 Å². The van der Waals surface area contributed by atoms with E-state index >= 15 is 0 Å². The fraction of sp³-hybridized carbons (Fsp3) is 0. The summed E-state index contributed by atoms with van der Waals surface area (Å²) in [7, 11) is -1.48. The van der Waals surface area contributed by atoms with E-state index in [1.165, 1.54) is 0 Å². The normalized spacial score (nSPS) is 10.6. The zero-order chi connectivity index (χ0) is 9.42. The van der Waals surface area contributed by atoms with Crippen molar-refractivity contribution in [3.8, 4) is 0 Å². The molecule has 0 atom stereocenters. The fourth-order valence-corrected chi connectivity index (χ4v) is 1.91. The number of thiazole rings is 1. The number of nitrogens with one attached hydrogen (secondary N) is 1. The fourth-order valence-electron chi connectivity index (χ4n) is 1.12. The Morgan fingerprint density at radius 1 is 1.38 bits per heavy atom. The van der Waals surface area contributed by atoms with E-state index in [1.807, 2.05) is 0 Å². The van der Waals surface area contributed by atoms with Gasteiger partial charge >= 0.3 is 12.0 Å². The predicted molar refractivity (Wildman–Crippen MR) is 52.3 cm³/mol. The summed E-state index contributed by atoms with van der Waals surface area (Å²) < 4.78 is 0.732. The highest BCUT2D eigenvalue weighted by molar-refractivity contribution is 7.16. The Morgan fingerprint density at radius 3 is 2.85 bits per heavy atom. The molecule has 0 aliphatic heterocycles. The lowest BCUT2D eigenvalue weighted by molar-refractivity contribution is 0.426. The van der Waals surface area contributed by atoms with Crippen LogP contribution in [0, 0.1) is 0 Å². The number of H-pyrrole nitrogens is 1. The Labute approximate surface area is 77.6 Å². The quantitative estimate of drug-likeness (QED) is 0.525. The van der Waals surface area contributed by atoms with Gasteiger partial charge < -0.3 is 15.0 Å². The van der Waals surface area contributed by atoms with Gasteiger partial charge in [0.15, 0.2) is 0 Å². The molecular formula is C7H6BNO3S. The summed E-state index contributed by atoms with van der Waals surface area (Å²) in [6.07, 6.45) is 0. The molecule has 0 spiro atoms. The molecule has 13 heavy (non-hydrogen) atoms. The van der Waals surface area contributed by atoms with Gasteiger partial charge in [-0.2, -0.15) is 0 Å².